The van der Waals surface area contributed by atoms with Crippen LogP contribution in [-0.4, -0.2) is 100 Å². The highest BCUT2D eigenvalue weighted by atomic mass is 16.4. The molecule has 2 atom stereocenters. The number of nitrogens with zero attached hydrogens (tertiary/aromatic N) is 3. The van der Waals surface area contributed by atoms with Crippen LogP contribution in [0.3, 0.4) is 0 Å². The molecule has 2 aliphatic heterocycles. The third kappa shape index (κ3) is 3.20. The molecule has 2 heterocycles. The topological polar surface area (TPSA) is 105 Å². The zero-order valence-corrected chi connectivity index (χ0v) is 11.3. The van der Waals surface area contributed by atoms with Crippen LogP contribution in [0.5, 0.6) is 0 Å². The number of aliphatic carboxylic acids is 1. The van der Waals surface area contributed by atoms with Crippen LogP contribution in [0.25, 0.3) is 0 Å². The first-order chi connectivity index (χ1) is 9.52. The molecular formula is C12H21N3O5. The van der Waals surface area contributed by atoms with E-state index in [0.717, 1.165) is 0 Å². The van der Waals surface area contributed by atoms with Crippen molar-refractivity contribution in [2.24, 2.45) is 0 Å². The van der Waals surface area contributed by atoms with Crippen molar-refractivity contribution < 1.29 is 24.9 Å². The van der Waals surface area contributed by atoms with Gasteiger partial charge in [-0.15, -0.1) is 0 Å². The standard InChI is InChI=1S/C12H21N3O5/c16-6-5-13-1-3-14(4-2-13)12(20)15-8-9(17)7-10(15)11(18)19/h9-10,16-17H,1-8H2,(H,18,19)/t9-,10-/m0/s1. The Morgan fingerprint density at radius 2 is 1.80 bits per heavy atom. The van der Waals surface area contributed by atoms with E-state index in [2.05, 4.69) is 4.90 Å². The number of aliphatic hydroxyl groups excluding tert-OH is 2. The monoisotopic (exact) mass is 287 g/mol. The van der Waals surface area contributed by atoms with Gasteiger partial charge in [0.25, 0.3) is 0 Å². The lowest BCUT2D eigenvalue weighted by atomic mass is 10.2. The van der Waals surface area contributed by atoms with Gasteiger partial charge in [0.1, 0.15) is 6.04 Å². The molecule has 0 spiro atoms. The van der Waals surface area contributed by atoms with Crippen molar-refractivity contribution in [3.8, 4) is 0 Å². The van der Waals surface area contributed by atoms with Crippen LogP contribution in [-0.2, 0) is 4.79 Å². The molecule has 0 aliphatic carbocycles. The molecular weight excluding hydrogens is 266 g/mol. The van der Waals surface area contributed by atoms with Crippen molar-refractivity contribution in [2.45, 2.75) is 18.6 Å². The number of likely N-dealkylation sites (tertiary alicyclic amines) is 1. The Hall–Kier alpha value is -1.38. The molecule has 2 rings (SSSR count). The first kappa shape index (κ1) is 15.0. The van der Waals surface area contributed by atoms with E-state index >= 15 is 0 Å². The number of amides is 2. The molecule has 0 aromatic rings. The van der Waals surface area contributed by atoms with Crippen molar-refractivity contribution in [1.82, 2.24) is 14.7 Å². The van der Waals surface area contributed by atoms with Gasteiger partial charge in [0.05, 0.1) is 12.7 Å². The molecule has 0 radical (unpaired) electrons. The summed E-state index contributed by atoms with van der Waals surface area (Å²) in [7, 11) is 0. The predicted molar refractivity (Wildman–Crippen MR) is 69.2 cm³/mol. The SMILES string of the molecule is O=C(O)[C@@H]1C[C@H](O)CN1C(=O)N1CCN(CCO)CC1. The lowest BCUT2D eigenvalue weighted by Crippen LogP contribution is -2.55. The number of aliphatic hydroxyl groups is 2. The molecule has 0 bridgehead atoms. The number of hydrogen-bond donors (Lipinski definition) is 3. The summed E-state index contributed by atoms with van der Waals surface area (Å²) in [5.41, 5.74) is 0. The molecule has 0 aromatic heterocycles. The first-order valence-electron chi connectivity index (χ1n) is 6.82. The van der Waals surface area contributed by atoms with Gasteiger partial charge in [-0.2, -0.15) is 0 Å². The average molecular weight is 287 g/mol. The van der Waals surface area contributed by atoms with E-state index < -0.39 is 18.1 Å². The predicted octanol–water partition coefficient (Wildman–Crippen LogP) is -1.76. The quantitative estimate of drug-likeness (QED) is 0.568. The summed E-state index contributed by atoms with van der Waals surface area (Å²) < 4.78 is 0. The van der Waals surface area contributed by atoms with Gasteiger partial charge in [0, 0.05) is 45.7 Å². The summed E-state index contributed by atoms with van der Waals surface area (Å²) in [5, 5.41) is 27.5. The Kier molecular flexibility index (Phi) is 4.79. The summed E-state index contributed by atoms with van der Waals surface area (Å²) in [5.74, 6) is -1.08. The molecule has 114 valence electrons. The van der Waals surface area contributed by atoms with Crippen LogP contribution in [0.4, 0.5) is 4.79 Å². The maximum absolute atomic E-state index is 12.3. The van der Waals surface area contributed by atoms with Gasteiger partial charge in [-0.1, -0.05) is 0 Å². The van der Waals surface area contributed by atoms with Crippen LogP contribution in [0.2, 0.25) is 0 Å². The second-order valence-electron chi connectivity index (χ2n) is 5.23. The van der Waals surface area contributed by atoms with Crippen molar-refractivity contribution in [1.29, 1.82) is 0 Å². The molecule has 2 aliphatic rings. The number of carbonyl (C=O) groups is 2. The molecule has 8 heteroatoms. The van der Waals surface area contributed by atoms with Crippen molar-refractivity contribution in [3.05, 3.63) is 0 Å². The van der Waals surface area contributed by atoms with E-state index in [9.17, 15) is 14.7 Å². The van der Waals surface area contributed by atoms with Crippen molar-refractivity contribution in [2.75, 3.05) is 45.9 Å². The second-order valence-corrected chi connectivity index (χ2v) is 5.23. The van der Waals surface area contributed by atoms with Crippen LogP contribution < -0.4 is 0 Å². The molecule has 2 amide bonds. The molecule has 2 fully saturated rings. The number of carboxylic acid groups (broad SMARTS) is 1. The van der Waals surface area contributed by atoms with E-state index in [-0.39, 0.29) is 25.6 Å². The van der Waals surface area contributed by atoms with Gasteiger partial charge >= 0.3 is 12.0 Å². The van der Waals surface area contributed by atoms with Crippen LogP contribution >= 0.6 is 0 Å². The van der Waals surface area contributed by atoms with Crippen LogP contribution in [0.15, 0.2) is 0 Å². The number of piperazine rings is 1. The number of β-amino-alcohol motifs (C(OH)–C–C–N with tert-alkyl or cyclic N) is 2. The molecule has 0 unspecified atom stereocenters. The first-order valence-corrected chi connectivity index (χ1v) is 6.82. The molecule has 0 saturated carbocycles. The molecule has 0 aromatic carbocycles. The Morgan fingerprint density at radius 1 is 1.15 bits per heavy atom. The Morgan fingerprint density at radius 3 is 2.35 bits per heavy atom. The van der Waals surface area contributed by atoms with E-state index in [0.29, 0.717) is 32.7 Å². The van der Waals surface area contributed by atoms with Crippen molar-refractivity contribution in [3.63, 3.8) is 0 Å². The average Bonchev–Trinajstić information content (AvgIpc) is 2.81. The summed E-state index contributed by atoms with van der Waals surface area (Å²) in [6.07, 6.45) is -0.679. The second kappa shape index (κ2) is 6.38. The van der Waals surface area contributed by atoms with Gasteiger partial charge in [-0.25, -0.2) is 9.59 Å². The van der Waals surface area contributed by atoms with Crippen LogP contribution in [0.1, 0.15) is 6.42 Å². The maximum atomic E-state index is 12.3. The molecule has 8 nitrogen and oxygen atoms in total. The fourth-order valence-corrected chi connectivity index (χ4v) is 2.75. The minimum atomic E-state index is -1.08. The third-order valence-electron chi connectivity index (χ3n) is 3.87. The van der Waals surface area contributed by atoms with E-state index in [1.807, 2.05) is 0 Å². The molecule has 2 saturated heterocycles. The highest BCUT2D eigenvalue weighted by molar-refractivity contribution is 5.83. The van der Waals surface area contributed by atoms with Gasteiger partial charge < -0.3 is 25.1 Å². The van der Waals surface area contributed by atoms with Gasteiger partial charge in [-0.3, -0.25) is 4.90 Å². The smallest absolute Gasteiger partial charge is 0.326 e. The zero-order chi connectivity index (χ0) is 14.7. The van der Waals surface area contributed by atoms with E-state index in [4.69, 9.17) is 10.2 Å². The van der Waals surface area contributed by atoms with Crippen molar-refractivity contribution >= 4 is 12.0 Å². The van der Waals surface area contributed by atoms with E-state index in [1.165, 1.54) is 4.90 Å². The normalized spacial score (nSPS) is 27.9. The summed E-state index contributed by atoms with van der Waals surface area (Å²) in [6.45, 7) is 3.11. The zero-order valence-electron chi connectivity index (χ0n) is 11.3. The minimum absolute atomic E-state index is 0.0760. The lowest BCUT2D eigenvalue weighted by molar-refractivity contribution is -0.141. The molecule has 3 N–H and O–H groups in total. The summed E-state index contributed by atoms with van der Waals surface area (Å²) in [6, 6.07) is -1.26. The Labute approximate surface area is 117 Å². The summed E-state index contributed by atoms with van der Waals surface area (Å²) in [4.78, 5) is 28.4. The maximum Gasteiger partial charge on any atom is 0.326 e. The fraction of sp³-hybridized carbons (Fsp3) is 0.833. The Balaban J connectivity index is 1.93. The van der Waals surface area contributed by atoms with Crippen LogP contribution in [0, 0.1) is 0 Å². The van der Waals surface area contributed by atoms with Gasteiger partial charge in [-0.05, 0) is 0 Å². The highest BCUT2D eigenvalue weighted by Gasteiger charge is 2.41. The summed E-state index contributed by atoms with van der Waals surface area (Å²) >= 11 is 0. The highest BCUT2D eigenvalue weighted by Crippen LogP contribution is 2.20. The fourth-order valence-electron chi connectivity index (χ4n) is 2.75. The molecule has 20 heavy (non-hydrogen) atoms. The van der Waals surface area contributed by atoms with E-state index in [1.54, 1.807) is 4.90 Å². The van der Waals surface area contributed by atoms with Gasteiger partial charge in [0.15, 0.2) is 0 Å². The number of carboxylic acids is 1. The number of carbonyl (C=O) groups excluding carboxylic acids is 1. The Bertz CT molecular complexity index is 370. The number of hydrogen-bond acceptors (Lipinski definition) is 5. The largest absolute Gasteiger partial charge is 0.480 e. The number of urea groups is 1. The third-order valence-corrected chi connectivity index (χ3v) is 3.87. The lowest BCUT2D eigenvalue weighted by Gasteiger charge is -2.37. The number of rotatable bonds is 3. The van der Waals surface area contributed by atoms with Gasteiger partial charge in [0.2, 0.25) is 0 Å². The minimum Gasteiger partial charge on any atom is -0.480 e.